The molecule has 19 heavy (non-hydrogen) atoms. The second-order valence-corrected chi connectivity index (χ2v) is 8.26. The van der Waals surface area contributed by atoms with Crippen LogP contribution < -0.4 is 0 Å². The fraction of sp³-hybridized carbons (Fsp3) is 0.571. The van der Waals surface area contributed by atoms with E-state index in [4.69, 9.17) is 0 Å². The lowest BCUT2D eigenvalue weighted by atomic mass is 10.2. The van der Waals surface area contributed by atoms with Gasteiger partial charge in [0.25, 0.3) is 0 Å². The van der Waals surface area contributed by atoms with E-state index in [1.54, 1.807) is 28.6 Å². The van der Waals surface area contributed by atoms with Gasteiger partial charge in [-0.1, -0.05) is 31.5 Å². The molecule has 1 aromatic carbocycles. The number of sulfonamides is 1. The van der Waals surface area contributed by atoms with Crippen LogP contribution in [0.5, 0.6) is 0 Å². The highest BCUT2D eigenvalue weighted by Crippen LogP contribution is 2.26. The van der Waals surface area contributed by atoms with Gasteiger partial charge < -0.3 is 0 Å². The van der Waals surface area contributed by atoms with Crippen molar-refractivity contribution in [3.05, 3.63) is 30.3 Å². The lowest BCUT2D eigenvalue weighted by Crippen LogP contribution is -2.35. The average molecular weight is 299 g/mol. The van der Waals surface area contributed by atoms with E-state index in [0.717, 1.165) is 25.0 Å². The first kappa shape index (κ1) is 14.9. The average Bonchev–Trinajstić information content (AvgIpc) is 2.66. The molecule has 0 amide bonds. The van der Waals surface area contributed by atoms with Crippen molar-refractivity contribution in [2.45, 2.75) is 36.3 Å². The van der Waals surface area contributed by atoms with E-state index >= 15 is 0 Å². The molecule has 0 bridgehead atoms. The van der Waals surface area contributed by atoms with E-state index in [-0.39, 0.29) is 0 Å². The maximum atomic E-state index is 12.6. The molecule has 5 heteroatoms. The lowest BCUT2D eigenvalue weighted by Gasteiger charge is -2.23. The molecular formula is C14H21NO2S2. The first-order valence-electron chi connectivity index (χ1n) is 6.81. The second kappa shape index (κ2) is 6.77. The third-order valence-corrected chi connectivity index (χ3v) is 6.44. The molecule has 1 aliphatic rings. The maximum absolute atomic E-state index is 12.6. The Labute approximate surface area is 120 Å². The smallest absolute Gasteiger partial charge is 0.207 e. The molecule has 1 saturated heterocycles. The molecule has 0 unspecified atom stereocenters. The van der Waals surface area contributed by atoms with Crippen LogP contribution in [0.2, 0.25) is 0 Å². The Bertz CT molecular complexity index is 487. The molecule has 0 spiro atoms. The van der Waals surface area contributed by atoms with Gasteiger partial charge in [0, 0.05) is 18.3 Å². The third-order valence-electron chi connectivity index (χ3n) is 3.37. The Morgan fingerprint density at radius 3 is 2.68 bits per heavy atom. The first-order valence-corrected chi connectivity index (χ1v) is 9.30. The number of thioether (sulfide) groups is 1. The Kier molecular flexibility index (Phi) is 5.30. The van der Waals surface area contributed by atoms with Crippen molar-refractivity contribution in [1.29, 1.82) is 0 Å². The van der Waals surface area contributed by atoms with Crippen molar-refractivity contribution in [3.63, 3.8) is 0 Å². The molecular weight excluding hydrogens is 278 g/mol. The number of hydrogen-bond donors (Lipinski definition) is 0. The van der Waals surface area contributed by atoms with Gasteiger partial charge in [-0.25, -0.2) is 8.42 Å². The van der Waals surface area contributed by atoms with E-state index in [0.29, 0.717) is 23.2 Å². The molecule has 0 aromatic heterocycles. The van der Waals surface area contributed by atoms with Crippen LogP contribution in [0.3, 0.4) is 0 Å². The van der Waals surface area contributed by atoms with Gasteiger partial charge in [-0.05, 0) is 30.7 Å². The van der Waals surface area contributed by atoms with Gasteiger partial charge in [-0.3, -0.25) is 0 Å². The van der Waals surface area contributed by atoms with Crippen LogP contribution in [-0.2, 0) is 10.0 Å². The van der Waals surface area contributed by atoms with E-state index in [9.17, 15) is 8.42 Å². The Hall–Kier alpha value is -0.520. The van der Waals surface area contributed by atoms with Crippen LogP contribution in [0.15, 0.2) is 35.2 Å². The van der Waals surface area contributed by atoms with Gasteiger partial charge in [0.1, 0.15) is 0 Å². The summed E-state index contributed by atoms with van der Waals surface area (Å²) in [6, 6.07) is 8.77. The summed E-state index contributed by atoms with van der Waals surface area (Å²) in [6.07, 6.45) is 3.21. The van der Waals surface area contributed by atoms with Crippen LogP contribution in [0, 0.1) is 0 Å². The molecule has 106 valence electrons. The molecule has 1 aromatic rings. The van der Waals surface area contributed by atoms with E-state index in [1.807, 2.05) is 17.8 Å². The summed E-state index contributed by atoms with van der Waals surface area (Å²) >= 11 is 1.87. The summed E-state index contributed by atoms with van der Waals surface area (Å²) in [6.45, 7) is 3.43. The van der Waals surface area contributed by atoms with Gasteiger partial charge in [0.15, 0.2) is 0 Å². The second-order valence-electron chi connectivity index (χ2n) is 4.75. The lowest BCUT2D eigenvalue weighted by molar-refractivity contribution is 0.426. The normalized spacial score (nSPS) is 22.1. The van der Waals surface area contributed by atoms with Crippen LogP contribution in [-0.4, -0.2) is 36.8 Å². The Morgan fingerprint density at radius 1 is 1.26 bits per heavy atom. The van der Waals surface area contributed by atoms with Crippen LogP contribution in [0.4, 0.5) is 0 Å². The number of hydrogen-bond acceptors (Lipinski definition) is 3. The zero-order chi connectivity index (χ0) is 13.7. The summed E-state index contributed by atoms with van der Waals surface area (Å²) in [5.41, 5.74) is 0. The third kappa shape index (κ3) is 3.74. The highest BCUT2D eigenvalue weighted by molar-refractivity contribution is 7.99. The number of rotatable bonds is 4. The minimum Gasteiger partial charge on any atom is -0.207 e. The van der Waals surface area contributed by atoms with Crippen LogP contribution in [0.1, 0.15) is 26.2 Å². The minimum atomic E-state index is -3.32. The van der Waals surface area contributed by atoms with E-state index in [1.165, 1.54) is 0 Å². The topological polar surface area (TPSA) is 37.4 Å². The number of nitrogens with zero attached hydrogens (tertiary/aromatic N) is 1. The molecule has 0 saturated carbocycles. The van der Waals surface area contributed by atoms with Gasteiger partial charge in [-0.2, -0.15) is 16.1 Å². The van der Waals surface area contributed by atoms with Crippen molar-refractivity contribution in [3.8, 4) is 0 Å². The van der Waals surface area contributed by atoms with Gasteiger partial charge in [-0.15, -0.1) is 0 Å². The Balaban J connectivity index is 2.19. The fourth-order valence-electron chi connectivity index (χ4n) is 2.40. The first-order chi connectivity index (χ1) is 9.14. The molecule has 0 radical (unpaired) electrons. The summed E-state index contributed by atoms with van der Waals surface area (Å²) in [5.74, 6) is 1.05. The molecule has 3 nitrogen and oxygen atoms in total. The zero-order valence-electron chi connectivity index (χ0n) is 11.3. The highest BCUT2D eigenvalue weighted by atomic mass is 32.2. The summed E-state index contributed by atoms with van der Waals surface area (Å²) in [4.78, 5) is 0.414. The van der Waals surface area contributed by atoms with Crippen molar-refractivity contribution < 1.29 is 8.42 Å². The van der Waals surface area contributed by atoms with Crippen LogP contribution in [0.25, 0.3) is 0 Å². The van der Waals surface area contributed by atoms with Crippen LogP contribution >= 0.6 is 11.8 Å². The van der Waals surface area contributed by atoms with E-state index < -0.39 is 10.0 Å². The quantitative estimate of drug-likeness (QED) is 0.858. The summed E-state index contributed by atoms with van der Waals surface area (Å²) in [5, 5.41) is 0.436. The predicted molar refractivity (Wildman–Crippen MR) is 81.0 cm³/mol. The molecule has 2 rings (SSSR count). The van der Waals surface area contributed by atoms with Gasteiger partial charge >= 0.3 is 0 Å². The molecule has 1 aliphatic heterocycles. The zero-order valence-corrected chi connectivity index (χ0v) is 12.9. The molecule has 1 fully saturated rings. The fourth-order valence-corrected chi connectivity index (χ4v) is 5.13. The minimum absolute atomic E-state index is 0.414. The maximum Gasteiger partial charge on any atom is 0.243 e. The van der Waals surface area contributed by atoms with Crippen molar-refractivity contribution >= 4 is 21.8 Å². The SMILES string of the molecule is CCS[C@H]1CCCCN(S(=O)(=O)c2ccccc2)C1. The van der Waals surface area contributed by atoms with Crippen molar-refractivity contribution in [2.24, 2.45) is 0 Å². The standard InChI is InChI=1S/C14H21NO2S2/c1-2-18-13-8-6-7-11-15(12-13)19(16,17)14-9-4-3-5-10-14/h3-5,9-10,13H,2,6-8,11-12H2,1H3/t13-/m0/s1. The Morgan fingerprint density at radius 2 is 2.00 bits per heavy atom. The molecule has 1 atom stereocenters. The highest BCUT2D eigenvalue weighted by Gasteiger charge is 2.28. The summed E-state index contributed by atoms with van der Waals surface area (Å²) < 4.78 is 26.9. The largest absolute Gasteiger partial charge is 0.243 e. The predicted octanol–water partition coefficient (Wildman–Crippen LogP) is 2.98. The molecule has 0 N–H and O–H groups in total. The molecule has 1 heterocycles. The summed E-state index contributed by atoms with van der Waals surface area (Å²) in [7, 11) is -3.32. The molecule has 0 aliphatic carbocycles. The monoisotopic (exact) mass is 299 g/mol. The number of benzene rings is 1. The van der Waals surface area contributed by atoms with Crippen molar-refractivity contribution in [1.82, 2.24) is 4.31 Å². The van der Waals surface area contributed by atoms with Gasteiger partial charge in [0.05, 0.1) is 4.90 Å². The van der Waals surface area contributed by atoms with E-state index in [2.05, 4.69) is 6.92 Å². The van der Waals surface area contributed by atoms with Crippen molar-refractivity contribution in [2.75, 3.05) is 18.8 Å². The van der Waals surface area contributed by atoms with Gasteiger partial charge in [0.2, 0.25) is 10.0 Å².